The molecule has 0 amide bonds. The summed E-state index contributed by atoms with van der Waals surface area (Å²) in [5, 5.41) is 10.5. The molecule has 1 N–H and O–H groups in total. The molecule has 0 bridgehead atoms. The Bertz CT molecular complexity index is 751. The van der Waals surface area contributed by atoms with E-state index in [1.165, 1.54) is 89.9 Å². The molecule has 2 aliphatic heterocycles. The van der Waals surface area contributed by atoms with Gasteiger partial charge in [-0.15, -0.1) is 0 Å². The van der Waals surface area contributed by atoms with Gasteiger partial charge < -0.3 is 19.3 Å². The molecular formula is C35H62O6. The SMILES string of the molecule is CC.CCCCCCCCCCCCCCCCCCOC(=O)CC1CC(O)C[C@@]2(CC[C@]3(C=CC(=O)CC3)O2)O1. The summed E-state index contributed by atoms with van der Waals surface area (Å²) in [6.45, 7) is 6.73. The second-order valence-corrected chi connectivity index (χ2v) is 12.4. The van der Waals surface area contributed by atoms with Crippen LogP contribution in [-0.2, 0) is 23.8 Å². The van der Waals surface area contributed by atoms with Crippen LogP contribution in [0.3, 0.4) is 0 Å². The molecule has 2 saturated heterocycles. The lowest BCUT2D eigenvalue weighted by Gasteiger charge is -2.42. The normalized spacial score (nSPS) is 27.3. The number of esters is 1. The molecule has 2 spiro atoms. The summed E-state index contributed by atoms with van der Waals surface area (Å²) in [4.78, 5) is 24.0. The summed E-state index contributed by atoms with van der Waals surface area (Å²) >= 11 is 0. The molecule has 0 radical (unpaired) electrons. The van der Waals surface area contributed by atoms with E-state index in [9.17, 15) is 14.7 Å². The highest BCUT2D eigenvalue weighted by Crippen LogP contribution is 2.48. The van der Waals surface area contributed by atoms with Crippen molar-refractivity contribution in [2.45, 2.75) is 192 Å². The van der Waals surface area contributed by atoms with Crippen molar-refractivity contribution < 1.29 is 28.9 Å². The largest absolute Gasteiger partial charge is 0.466 e. The third-order valence-electron chi connectivity index (χ3n) is 8.80. The van der Waals surface area contributed by atoms with Gasteiger partial charge in [-0.3, -0.25) is 9.59 Å². The summed E-state index contributed by atoms with van der Waals surface area (Å²) in [5.41, 5.74) is -0.483. The minimum Gasteiger partial charge on any atom is -0.466 e. The Morgan fingerprint density at radius 2 is 1.44 bits per heavy atom. The lowest BCUT2D eigenvalue weighted by molar-refractivity contribution is -0.297. The predicted octanol–water partition coefficient (Wildman–Crippen LogP) is 8.91. The maximum atomic E-state index is 12.4. The number of hydrogen-bond acceptors (Lipinski definition) is 6. The first-order chi connectivity index (χ1) is 19.9. The Labute approximate surface area is 251 Å². The molecule has 2 unspecified atom stereocenters. The third kappa shape index (κ3) is 14.2. The molecule has 41 heavy (non-hydrogen) atoms. The van der Waals surface area contributed by atoms with Crippen LogP contribution in [0.2, 0.25) is 0 Å². The van der Waals surface area contributed by atoms with E-state index in [0.29, 0.717) is 38.7 Å². The van der Waals surface area contributed by atoms with Gasteiger partial charge in [0, 0.05) is 25.7 Å². The minimum atomic E-state index is -0.874. The highest BCUT2D eigenvalue weighted by Gasteiger charge is 2.53. The van der Waals surface area contributed by atoms with Crippen LogP contribution in [0.25, 0.3) is 0 Å². The second kappa shape index (κ2) is 20.6. The van der Waals surface area contributed by atoms with Crippen LogP contribution in [0.5, 0.6) is 0 Å². The number of aliphatic hydroxyl groups is 1. The summed E-state index contributed by atoms with van der Waals surface area (Å²) in [6.07, 6.45) is 27.1. The molecule has 3 rings (SSSR count). The number of ketones is 1. The van der Waals surface area contributed by atoms with E-state index < -0.39 is 23.6 Å². The number of carbonyl (C=O) groups excluding carboxylic acids is 2. The van der Waals surface area contributed by atoms with Crippen molar-refractivity contribution in [1.29, 1.82) is 0 Å². The van der Waals surface area contributed by atoms with Gasteiger partial charge in [-0.25, -0.2) is 0 Å². The van der Waals surface area contributed by atoms with Gasteiger partial charge in [-0.2, -0.15) is 0 Å². The zero-order valence-corrected chi connectivity index (χ0v) is 26.8. The van der Waals surface area contributed by atoms with Crippen LogP contribution in [0.15, 0.2) is 12.2 Å². The van der Waals surface area contributed by atoms with E-state index in [4.69, 9.17) is 14.2 Å². The zero-order valence-electron chi connectivity index (χ0n) is 26.8. The highest BCUT2D eigenvalue weighted by molar-refractivity contribution is 5.90. The summed E-state index contributed by atoms with van der Waals surface area (Å²) in [7, 11) is 0. The molecule has 1 aliphatic carbocycles. The van der Waals surface area contributed by atoms with Crippen molar-refractivity contribution in [1.82, 2.24) is 0 Å². The van der Waals surface area contributed by atoms with Crippen molar-refractivity contribution in [3.8, 4) is 0 Å². The Morgan fingerprint density at radius 3 is 1.98 bits per heavy atom. The Hall–Kier alpha value is -1.24. The fourth-order valence-corrected chi connectivity index (χ4v) is 6.49. The first kappa shape index (κ1) is 36.0. The zero-order chi connectivity index (χ0) is 29.8. The van der Waals surface area contributed by atoms with Crippen LogP contribution in [0, 0.1) is 0 Å². The molecule has 3 aliphatic rings. The molecule has 4 atom stereocenters. The third-order valence-corrected chi connectivity index (χ3v) is 8.80. The highest BCUT2D eigenvalue weighted by atomic mass is 16.7. The maximum absolute atomic E-state index is 12.4. The van der Waals surface area contributed by atoms with Crippen molar-refractivity contribution >= 4 is 11.8 Å². The Balaban J connectivity index is 0.00000287. The van der Waals surface area contributed by atoms with Crippen molar-refractivity contribution in [2.24, 2.45) is 0 Å². The summed E-state index contributed by atoms with van der Waals surface area (Å²) in [5.74, 6) is -1.01. The van der Waals surface area contributed by atoms with Gasteiger partial charge in [0.15, 0.2) is 11.6 Å². The van der Waals surface area contributed by atoms with Gasteiger partial charge in [0.2, 0.25) is 0 Å². The molecular weight excluding hydrogens is 516 g/mol. The number of unbranched alkanes of at least 4 members (excludes halogenated alkanes) is 15. The maximum Gasteiger partial charge on any atom is 0.308 e. The fourth-order valence-electron chi connectivity index (χ4n) is 6.49. The molecule has 2 heterocycles. The van der Waals surface area contributed by atoms with Crippen molar-refractivity contribution in [3.05, 3.63) is 12.2 Å². The number of rotatable bonds is 19. The first-order valence-corrected chi connectivity index (χ1v) is 17.4. The van der Waals surface area contributed by atoms with E-state index in [1.54, 1.807) is 6.08 Å². The lowest BCUT2D eigenvalue weighted by atomic mass is 9.87. The molecule has 0 aromatic rings. The van der Waals surface area contributed by atoms with Gasteiger partial charge in [0.1, 0.15) is 0 Å². The fraction of sp³-hybridized carbons (Fsp3) is 0.886. The molecule has 6 heteroatoms. The number of allylic oxidation sites excluding steroid dienone is 1. The molecule has 0 saturated carbocycles. The smallest absolute Gasteiger partial charge is 0.308 e. The average molecular weight is 579 g/mol. The van der Waals surface area contributed by atoms with Crippen molar-refractivity contribution in [2.75, 3.05) is 6.61 Å². The van der Waals surface area contributed by atoms with Crippen LogP contribution in [-0.4, -0.2) is 47.1 Å². The molecule has 0 aromatic heterocycles. The van der Waals surface area contributed by atoms with E-state index in [-0.39, 0.29) is 18.2 Å². The van der Waals surface area contributed by atoms with E-state index in [2.05, 4.69) is 6.92 Å². The average Bonchev–Trinajstić information content (AvgIpc) is 3.29. The monoisotopic (exact) mass is 578 g/mol. The van der Waals surface area contributed by atoms with Crippen molar-refractivity contribution in [3.63, 3.8) is 0 Å². The van der Waals surface area contributed by atoms with Crippen LogP contribution in [0.1, 0.15) is 168 Å². The molecule has 238 valence electrons. The standard InChI is InChI=1S/C33H56O6.C2H6/c1-2-3-4-5-6-7-8-9-10-11-12-13-14-15-16-17-24-37-31(36)26-30-25-29(35)27-33(38-30)23-22-32(39-33)20-18-28(34)19-21-32;1-2/h18,20,29-30,35H,2-17,19,21-27H2,1H3;1-2H3/t29?,30?,32-,33+;/m1./s1. The summed E-state index contributed by atoms with van der Waals surface area (Å²) < 4.78 is 18.1. The molecule has 0 aromatic carbocycles. The van der Waals surface area contributed by atoms with Crippen LogP contribution < -0.4 is 0 Å². The Kier molecular flexibility index (Phi) is 18.1. The quantitative estimate of drug-likeness (QED) is 0.122. The number of aliphatic hydroxyl groups excluding tert-OH is 1. The van der Waals surface area contributed by atoms with Gasteiger partial charge >= 0.3 is 5.97 Å². The second-order valence-electron chi connectivity index (χ2n) is 12.4. The van der Waals surface area contributed by atoms with Gasteiger partial charge in [0.25, 0.3) is 0 Å². The molecule has 2 fully saturated rings. The predicted molar refractivity (Wildman–Crippen MR) is 166 cm³/mol. The number of hydrogen-bond donors (Lipinski definition) is 1. The number of ether oxygens (including phenoxy) is 3. The van der Waals surface area contributed by atoms with Crippen LogP contribution in [0.4, 0.5) is 0 Å². The van der Waals surface area contributed by atoms with Crippen LogP contribution >= 0.6 is 0 Å². The van der Waals surface area contributed by atoms with Gasteiger partial charge in [0.05, 0.1) is 30.8 Å². The summed E-state index contributed by atoms with van der Waals surface area (Å²) in [6, 6.07) is 0. The molecule has 6 nitrogen and oxygen atoms in total. The first-order valence-electron chi connectivity index (χ1n) is 17.4. The van der Waals surface area contributed by atoms with Gasteiger partial charge in [-0.05, 0) is 31.4 Å². The van der Waals surface area contributed by atoms with E-state index in [0.717, 1.165) is 19.3 Å². The topological polar surface area (TPSA) is 82.1 Å². The van der Waals surface area contributed by atoms with E-state index in [1.807, 2.05) is 19.9 Å². The minimum absolute atomic E-state index is 0.125. The van der Waals surface area contributed by atoms with E-state index >= 15 is 0 Å². The van der Waals surface area contributed by atoms with Gasteiger partial charge in [-0.1, -0.05) is 117 Å². The lowest BCUT2D eigenvalue weighted by Crippen LogP contribution is -2.48. The Morgan fingerprint density at radius 1 is 0.878 bits per heavy atom. The number of carbonyl (C=O) groups is 2.